The summed E-state index contributed by atoms with van der Waals surface area (Å²) in [4.78, 5) is 64.3. The summed E-state index contributed by atoms with van der Waals surface area (Å²) in [5, 5.41) is 12.6. The molecular weight excluding hydrogens is 791 g/mol. The second-order valence-corrected chi connectivity index (χ2v) is 22.8. The van der Waals surface area contributed by atoms with Crippen molar-refractivity contribution in [2.45, 2.75) is 82.6 Å². The molecule has 15 nitrogen and oxygen atoms in total. The Labute approximate surface area is 354 Å². The number of fused-ring (bicyclic) bond motifs is 1. The number of benzene rings is 3. The van der Waals surface area contributed by atoms with Gasteiger partial charge >= 0.3 is 12.2 Å². The molecule has 3 aliphatic heterocycles. The van der Waals surface area contributed by atoms with Crippen LogP contribution in [0.5, 0.6) is 0 Å². The first-order chi connectivity index (χ1) is 29.5. The predicted molar refractivity (Wildman–Crippen MR) is 233 cm³/mol. The minimum atomic E-state index is -1.30. The third-order valence-corrected chi connectivity index (χ3v) is 13.7. The number of para-hydroxylation sites is 1. The van der Waals surface area contributed by atoms with E-state index in [0.717, 1.165) is 74.1 Å². The van der Waals surface area contributed by atoms with E-state index < -0.39 is 26.3 Å². The smallest absolute Gasteiger partial charge is 0.407 e. The molecule has 3 amide bonds. The van der Waals surface area contributed by atoms with Crippen LogP contribution in [0.4, 0.5) is 15.3 Å². The average molecular weight is 840 g/mol. The van der Waals surface area contributed by atoms with E-state index in [2.05, 4.69) is 36.0 Å². The SMILES string of the molecule is COC(=O)N[C@H]1CCc2cccc3c2N(C1=O)[C@H](c1ncc(-c2ccc(-c4cnc5cc(-c6cnc(C7CCCN7C(=O)O)n6COCC[Si](C)(C)C)ccc5n4)cc2)[nH]1)C3. The largest absolute Gasteiger partial charge is 0.465 e. The number of nitrogens with one attached hydrogen (secondary N) is 2. The Bertz CT molecular complexity index is 2640. The first kappa shape index (κ1) is 40.0. The first-order valence-electron chi connectivity index (χ1n) is 20.8. The molecule has 61 heavy (non-hydrogen) atoms. The third-order valence-electron chi connectivity index (χ3n) is 12.0. The van der Waals surface area contributed by atoms with Crippen molar-refractivity contribution in [1.29, 1.82) is 0 Å². The van der Waals surface area contributed by atoms with Crippen molar-refractivity contribution in [3.63, 3.8) is 0 Å². The number of rotatable bonds is 11. The predicted octanol–water partition coefficient (Wildman–Crippen LogP) is 7.98. The van der Waals surface area contributed by atoms with E-state index in [4.69, 9.17) is 29.4 Å². The lowest BCUT2D eigenvalue weighted by Gasteiger charge is -2.27. The minimum absolute atomic E-state index is 0.180. The zero-order valence-electron chi connectivity index (χ0n) is 34.7. The fourth-order valence-corrected chi connectivity index (χ4v) is 9.54. The molecule has 0 aliphatic carbocycles. The molecule has 314 valence electrons. The van der Waals surface area contributed by atoms with Crippen molar-refractivity contribution in [1.82, 2.24) is 39.7 Å². The number of ether oxygens (including phenoxy) is 2. The molecule has 0 radical (unpaired) electrons. The highest BCUT2D eigenvalue weighted by Crippen LogP contribution is 2.45. The van der Waals surface area contributed by atoms with Crippen molar-refractivity contribution in [3.8, 4) is 33.8 Å². The van der Waals surface area contributed by atoms with E-state index in [1.165, 1.54) is 12.0 Å². The van der Waals surface area contributed by atoms with Crippen LogP contribution in [0.15, 0.2) is 79.3 Å². The van der Waals surface area contributed by atoms with Gasteiger partial charge in [-0.2, -0.15) is 0 Å². The molecular formula is C45H49N9O6Si. The summed E-state index contributed by atoms with van der Waals surface area (Å²) in [7, 11) is -0.0103. The van der Waals surface area contributed by atoms with Crippen LogP contribution in [0.1, 0.15) is 54.1 Å². The Morgan fingerprint density at radius 2 is 1.70 bits per heavy atom. The van der Waals surface area contributed by atoms with Crippen molar-refractivity contribution in [2.24, 2.45) is 0 Å². The van der Waals surface area contributed by atoms with E-state index in [-0.39, 0.29) is 24.7 Å². The Morgan fingerprint density at radius 3 is 2.49 bits per heavy atom. The Hall–Kier alpha value is -6.39. The van der Waals surface area contributed by atoms with Crippen molar-refractivity contribution in [3.05, 3.63) is 102 Å². The number of aromatic amines is 1. The van der Waals surface area contributed by atoms with E-state index >= 15 is 0 Å². The monoisotopic (exact) mass is 839 g/mol. The molecule has 6 aromatic rings. The van der Waals surface area contributed by atoms with Crippen LogP contribution < -0.4 is 10.2 Å². The summed E-state index contributed by atoms with van der Waals surface area (Å²) in [6.07, 6.45) is 7.04. The number of alkyl carbamates (subject to hydrolysis) is 1. The summed E-state index contributed by atoms with van der Waals surface area (Å²) in [6, 6.07) is 19.7. The summed E-state index contributed by atoms with van der Waals surface area (Å²) >= 11 is 0. The lowest BCUT2D eigenvalue weighted by atomic mass is 10.0. The maximum absolute atomic E-state index is 14.0. The van der Waals surface area contributed by atoms with Crippen molar-refractivity contribution in [2.75, 3.05) is 25.2 Å². The summed E-state index contributed by atoms with van der Waals surface area (Å²) in [5.41, 5.74) is 9.63. The molecule has 0 spiro atoms. The standard InChI is InChI=1S/C45H49N9O6Si/c1-59-44(56)51-33-17-14-29-7-5-8-31-22-38(54(40(29)31)43(33)55)41-47-24-36(50-41)28-12-10-27(11-13-28)35-23-46-34-21-30(15-16-32(34)49-35)39-25-48-42(37-9-6-18-52(37)45(57)58)53(39)26-60-19-20-61(2,3)4/h5,7-8,10-13,15-16,21,23-25,33,37-38H,6,9,14,17-20,22,26H2,1-4H3,(H,47,50)(H,51,56)(H,57,58)/t33-,37?,38-/m0/s1. The number of nitrogens with zero attached hydrogens (tertiary/aromatic N) is 7. The van der Waals surface area contributed by atoms with Crippen LogP contribution in [-0.2, 0) is 33.8 Å². The van der Waals surface area contributed by atoms with Crippen LogP contribution in [0.2, 0.25) is 25.7 Å². The summed E-state index contributed by atoms with van der Waals surface area (Å²) < 4.78 is 13.0. The van der Waals surface area contributed by atoms with Gasteiger partial charge in [-0.1, -0.05) is 68.2 Å². The van der Waals surface area contributed by atoms with Crippen LogP contribution in [0.3, 0.4) is 0 Å². The molecule has 16 heteroatoms. The van der Waals surface area contributed by atoms with Crippen LogP contribution >= 0.6 is 0 Å². The molecule has 3 aromatic carbocycles. The molecule has 1 unspecified atom stereocenters. The number of amides is 3. The van der Waals surface area contributed by atoms with Gasteiger partial charge in [0.15, 0.2) is 0 Å². The maximum Gasteiger partial charge on any atom is 0.407 e. The molecule has 1 fully saturated rings. The second-order valence-electron chi connectivity index (χ2n) is 17.2. The highest BCUT2D eigenvalue weighted by atomic mass is 28.3. The molecule has 9 rings (SSSR count). The van der Waals surface area contributed by atoms with Gasteiger partial charge in [-0.15, -0.1) is 0 Å². The van der Waals surface area contributed by atoms with Crippen molar-refractivity contribution >= 4 is 42.9 Å². The average Bonchev–Trinajstić information content (AvgIpc) is 4.07. The highest BCUT2D eigenvalue weighted by molar-refractivity contribution is 6.76. The van der Waals surface area contributed by atoms with E-state index in [9.17, 15) is 19.5 Å². The topological polar surface area (TPSA) is 181 Å². The third kappa shape index (κ3) is 7.88. The number of methoxy groups -OCH3 is 1. The Balaban J connectivity index is 0.938. The molecule has 3 N–H and O–H groups in total. The molecule has 1 saturated heterocycles. The molecule has 3 atom stereocenters. The number of imidazole rings is 2. The lowest BCUT2D eigenvalue weighted by Crippen LogP contribution is -2.48. The van der Waals surface area contributed by atoms with Gasteiger partial charge in [0.2, 0.25) is 5.91 Å². The zero-order valence-corrected chi connectivity index (χ0v) is 35.7. The molecule has 3 aliphatic rings. The number of H-pyrrole nitrogens is 1. The Kier molecular flexibility index (Phi) is 10.7. The minimum Gasteiger partial charge on any atom is -0.465 e. The first-order valence-corrected chi connectivity index (χ1v) is 24.5. The van der Waals surface area contributed by atoms with Gasteiger partial charge in [0.05, 0.1) is 71.6 Å². The van der Waals surface area contributed by atoms with Crippen LogP contribution in [0.25, 0.3) is 44.8 Å². The fraction of sp³-hybridized carbons (Fsp3) is 0.356. The Morgan fingerprint density at radius 1 is 0.918 bits per heavy atom. The van der Waals surface area contributed by atoms with Gasteiger partial charge in [-0.25, -0.2) is 24.5 Å². The number of carbonyl (C=O) groups excluding carboxylic acids is 2. The van der Waals surface area contributed by atoms with E-state index in [1.807, 2.05) is 59.2 Å². The number of carbonyl (C=O) groups is 3. The summed E-state index contributed by atoms with van der Waals surface area (Å²) in [6.45, 7) is 8.34. The van der Waals surface area contributed by atoms with Gasteiger partial charge < -0.3 is 29.4 Å². The van der Waals surface area contributed by atoms with Crippen LogP contribution in [0, 0.1) is 0 Å². The van der Waals surface area contributed by atoms with E-state index in [0.29, 0.717) is 50.5 Å². The molecule has 0 bridgehead atoms. The van der Waals surface area contributed by atoms with Gasteiger partial charge in [-0.3, -0.25) is 19.6 Å². The van der Waals surface area contributed by atoms with Crippen molar-refractivity contribution < 1.29 is 29.0 Å². The van der Waals surface area contributed by atoms with Gasteiger partial charge in [0, 0.05) is 38.8 Å². The number of aromatic nitrogens is 6. The number of likely N-dealkylation sites (tertiary alicyclic amines) is 1. The highest BCUT2D eigenvalue weighted by Gasteiger charge is 2.43. The molecule has 6 heterocycles. The van der Waals surface area contributed by atoms with Gasteiger partial charge in [-0.05, 0) is 60.6 Å². The van der Waals surface area contributed by atoms with Gasteiger partial charge in [0.25, 0.3) is 0 Å². The quantitative estimate of drug-likeness (QED) is 0.0855. The van der Waals surface area contributed by atoms with E-state index in [1.54, 1.807) is 23.5 Å². The second kappa shape index (κ2) is 16.2. The van der Waals surface area contributed by atoms with Crippen LogP contribution in [-0.4, -0.2) is 92.0 Å². The lowest BCUT2D eigenvalue weighted by molar-refractivity contribution is -0.121. The van der Waals surface area contributed by atoms with Gasteiger partial charge in [0.1, 0.15) is 24.4 Å². The fourth-order valence-electron chi connectivity index (χ4n) is 8.79. The number of anilines is 1. The molecule has 3 aromatic heterocycles. The molecule has 0 saturated carbocycles. The zero-order chi connectivity index (χ0) is 42.4. The number of carboxylic acid groups (broad SMARTS) is 1. The normalized spacial score (nSPS) is 18.7. The maximum atomic E-state index is 14.0. The summed E-state index contributed by atoms with van der Waals surface area (Å²) in [5.74, 6) is 1.18. The number of hydrogen-bond acceptors (Lipinski definition) is 9. The number of hydrogen-bond donors (Lipinski definition) is 3. The number of aryl methyl sites for hydroxylation is 1.